The molecule has 30 heavy (non-hydrogen) atoms. The Bertz CT molecular complexity index is 769. The molecule has 1 N–H and O–H groups in total. The Morgan fingerprint density at radius 2 is 1.83 bits per heavy atom. The van der Waals surface area contributed by atoms with E-state index in [1.807, 2.05) is 30.3 Å². The van der Waals surface area contributed by atoms with Gasteiger partial charge in [-0.3, -0.25) is 14.5 Å². The SMILES string of the molecule is CCC(C)(C)C1CCC2(CC1)NC(=O)N(CC(=O)OCCOc1ccccc1)C2=O. The van der Waals surface area contributed by atoms with E-state index >= 15 is 0 Å². The number of imide groups is 1. The van der Waals surface area contributed by atoms with E-state index < -0.39 is 17.5 Å². The maximum atomic E-state index is 13.0. The Balaban J connectivity index is 1.47. The molecule has 1 aliphatic heterocycles. The molecule has 0 unspecified atom stereocenters. The first-order valence-electron chi connectivity index (χ1n) is 10.7. The quantitative estimate of drug-likeness (QED) is 0.398. The summed E-state index contributed by atoms with van der Waals surface area (Å²) in [6.45, 7) is 6.58. The lowest BCUT2D eigenvalue weighted by atomic mass is 9.65. The monoisotopic (exact) mass is 416 g/mol. The molecule has 1 aromatic rings. The Kier molecular flexibility index (Phi) is 6.68. The molecule has 3 amide bonds. The number of rotatable bonds is 8. The van der Waals surface area contributed by atoms with Crippen LogP contribution in [0.3, 0.4) is 0 Å². The van der Waals surface area contributed by atoms with Crippen LogP contribution >= 0.6 is 0 Å². The number of urea groups is 1. The lowest BCUT2D eigenvalue weighted by molar-refractivity contribution is -0.148. The fourth-order valence-electron chi connectivity index (χ4n) is 4.35. The molecule has 164 valence electrons. The number of carbonyl (C=O) groups excluding carboxylic acids is 3. The van der Waals surface area contributed by atoms with E-state index in [0.717, 1.165) is 24.2 Å². The van der Waals surface area contributed by atoms with Crippen molar-refractivity contribution in [2.45, 2.75) is 58.4 Å². The Morgan fingerprint density at radius 1 is 1.17 bits per heavy atom. The summed E-state index contributed by atoms with van der Waals surface area (Å²) in [5.74, 6) is 0.290. The molecule has 1 aliphatic carbocycles. The Hall–Kier alpha value is -2.57. The molecule has 7 heteroatoms. The average molecular weight is 417 g/mol. The Morgan fingerprint density at radius 3 is 2.47 bits per heavy atom. The summed E-state index contributed by atoms with van der Waals surface area (Å²) in [4.78, 5) is 38.5. The van der Waals surface area contributed by atoms with Crippen molar-refractivity contribution in [1.82, 2.24) is 10.2 Å². The van der Waals surface area contributed by atoms with Crippen molar-refractivity contribution < 1.29 is 23.9 Å². The normalized spacial score (nSPS) is 24.1. The minimum Gasteiger partial charge on any atom is -0.490 e. The molecule has 1 saturated carbocycles. The van der Waals surface area contributed by atoms with Crippen molar-refractivity contribution in [2.75, 3.05) is 19.8 Å². The fourth-order valence-corrected chi connectivity index (χ4v) is 4.35. The highest BCUT2D eigenvalue weighted by atomic mass is 16.6. The maximum Gasteiger partial charge on any atom is 0.326 e. The van der Waals surface area contributed by atoms with E-state index in [9.17, 15) is 14.4 Å². The number of nitrogens with zero attached hydrogens (tertiary/aromatic N) is 1. The minimum absolute atomic E-state index is 0.0519. The van der Waals surface area contributed by atoms with E-state index in [2.05, 4.69) is 26.1 Å². The lowest BCUT2D eigenvalue weighted by Gasteiger charge is -2.42. The summed E-state index contributed by atoms with van der Waals surface area (Å²) in [7, 11) is 0. The average Bonchev–Trinajstić information content (AvgIpc) is 2.96. The van der Waals surface area contributed by atoms with Crippen LogP contribution in [-0.4, -0.2) is 48.1 Å². The first kappa shape index (κ1) is 22.1. The number of benzene rings is 1. The van der Waals surface area contributed by atoms with Gasteiger partial charge in [0.2, 0.25) is 0 Å². The zero-order valence-electron chi connectivity index (χ0n) is 18.1. The van der Waals surface area contributed by atoms with E-state index in [4.69, 9.17) is 9.47 Å². The molecule has 1 heterocycles. The van der Waals surface area contributed by atoms with Crippen LogP contribution in [0.4, 0.5) is 4.79 Å². The van der Waals surface area contributed by atoms with E-state index in [0.29, 0.717) is 24.5 Å². The standard InChI is InChI=1S/C23H32N2O5/c1-4-22(2,3)17-10-12-23(13-11-17)20(27)25(21(28)24-23)16-19(26)30-15-14-29-18-8-6-5-7-9-18/h5-9,17H,4,10-16H2,1-3H3,(H,24,28). The van der Waals surface area contributed by atoms with Gasteiger partial charge >= 0.3 is 12.0 Å². The van der Waals surface area contributed by atoms with Crippen LogP contribution in [0.15, 0.2) is 30.3 Å². The zero-order chi connectivity index (χ0) is 21.8. The molecule has 0 radical (unpaired) electrons. The van der Waals surface area contributed by atoms with Crippen molar-refractivity contribution in [1.29, 1.82) is 0 Å². The van der Waals surface area contributed by atoms with Crippen LogP contribution in [0.2, 0.25) is 0 Å². The zero-order valence-corrected chi connectivity index (χ0v) is 18.1. The molecule has 3 rings (SSSR count). The summed E-state index contributed by atoms with van der Waals surface area (Å²) >= 11 is 0. The number of para-hydroxylation sites is 1. The van der Waals surface area contributed by atoms with Crippen LogP contribution in [0.5, 0.6) is 5.75 Å². The molecule has 1 spiro atoms. The topological polar surface area (TPSA) is 84.9 Å². The van der Waals surface area contributed by atoms with Gasteiger partial charge in [0, 0.05) is 0 Å². The van der Waals surface area contributed by atoms with Crippen LogP contribution < -0.4 is 10.1 Å². The number of nitrogens with one attached hydrogen (secondary N) is 1. The molecular weight excluding hydrogens is 384 g/mol. The summed E-state index contributed by atoms with van der Waals surface area (Å²) in [6, 6.07) is 8.70. The number of hydrogen-bond donors (Lipinski definition) is 1. The highest BCUT2D eigenvalue weighted by molar-refractivity contribution is 6.08. The van der Waals surface area contributed by atoms with Gasteiger partial charge in [-0.15, -0.1) is 0 Å². The summed E-state index contributed by atoms with van der Waals surface area (Å²) in [5, 5.41) is 2.86. The van der Waals surface area contributed by atoms with Crippen molar-refractivity contribution >= 4 is 17.9 Å². The van der Waals surface area contributed by atoms with Crippen LogP contribution in [0.25, 0.3) is 0 Å². The number of esters is 1. The largest absolute Gasteiger partial charge is 0.490 e. The van der Waals surface area contributed by atoms with E-state index in [1.165, 1.54) is 0 Å². The van der Waals surface area contributed by atoms with Gasteiger partial charge in [-0.2, -0.15) is 0 Å². The van der Waals surface area contributed by atoms with E-state index in [-0.39, 0.29) is 31.1 Å². The summed E-state index contributed by atoms with van der Waals surface area (Å²) in [5.41, 5.74) is -0.646. The second-order valence-corrected chi connectivity index (χ2v) is 8.90. The second kappa shape index (κ2) is 9.06. The third-order valence-electron chi connectivity index (χ3n) is 6.75. The summed E-state index contributed by atoms with van der Waals surface area (Å²) in [6.07, 6.45) is 4.09. The van der Waals surface area contributed by atoms with Crippen LogP contribution in [0.1, 0.15) is 52.9 Å². The predicted molar refractivity (Wildman–Crippen MR) is 112 cm³/mol. The van der Waals surface area contributed by atoms with Crippen molar-refractivity contribution in [3.05, 3.63) is 30.3 Å². The molecular formula is C23H32N2O5. The smallest absolute Gasteiger partial charge is 0.326 e. The third kappa shape index (κ3) is 4.77. The second-order valence-electron chi connectivity index (χ2n) is 8.90. The fraction of sp³-hybridized carbons (Fsp3) is 0.609. The minimum atomic E-state index is -0.867. The van der Waals surface area contributed by atoms with Crippen LogP contribution in [0, 0.1) is 11.3 Å². The first-order chi connectivity index (χ1) is 14.3. The van der Waals surface area contributed by atoms with Gasteiger partial charge in [0.15, 0.2) is 0 Å². The van der Waals surface area contributed by atoms with Gasteiger partial charge in [0.25, 0.3) is 5.91 Å². The molecule has 1 saturated heterocycles. The molecule has 1 aromatic carbocycles. The Labute approximate surface area is 178 Å². The van der Waals surface area contributed by atoms with Gasteiger partial charge in [0.1, 0.15) is 31.0 Å². The van der Waals surface area contributed by atoms with Gasteiger partial charge in [-0.25, -0.2) is 4.79 Å². The number of carbonyl (C=O) groups is 3. The molecule has 2 aliphatic rings. The lowest BCUT2D eigenvalue weighted by Crippen LogP contribution is -2.51. The highest BCUT2D eigenvalue weighted by Crippen LogP contribution is 2.45. The molecule has 0 aromatic heterocycles. The molecule has 2 fully saturated rings. The van der Waals surface area contributed by atoms with Gasteiger partial charge < -0.3 is 14.8 Å². The molecule has 7 nitrogen and oxygen atoms in total. The summed E-state index contributed by atoms with van der Waals surface area (Å²) < 4.78 is 10.6. The third-order valence-corrected chi connectivity index (χ3v) is 6.75. The number of hydrogen-bond acceptors (Lipinski definition) is 5. The number of amides is 3. The van der Waals surface area contributed by atoms with Crippen LogP contribution in [-0.2, 0) is 14.3 Å². The molecule has 0 bridgehead atoms. The predicted octanol–water partition coefficient (Wildman–Crippen LogP) is 3.53. The highest BCUT2D eigenvalue weighted by Gasteiger charge is 2.53. The maximum absolute atomic E-state index is 13.0. The van der Waals surface area contributed by atoms with Gasteiger partial charge in [-0.05, 0) is 49.1 Å². The molecule has 0 atom stereocenters. The number of ether oxygens (including phenoxy) is 2. The van der Waals surface area contributed by atoms with Gasteiger partial charge in [0.05, 0.1) is 0 Å². The van der Waals surface area contributed by atoms with Crippen molar-refractivity contribution in [3.63, 3.8) is 0 Å². The first-order valence-corrected chi connectivity index (χ1v) is 10.7. The van der Waals surface area contributed by atoms with Gasteiger partial charge in [-0.1, -0.05) is 45.4 Å². The van der Waals surface area contributed by atoms with Crippen molar-refractivity contribution in [2.24, 2.45) is 11.3 Å². The van der Waals surface area contributed by atoms with E-state index in [1.54, 1.807) is 0 Å². The van der Waals surface area contributed by atoms with Crippen molar-refractivity contribution in [3.8, 4) is 5.75 Å².